The van der Waals surface area contributed by atoms with Crippen molar-refractivity contribution in [1.82, 2.24) is 14.8 Å². The molecule has 0 bridgehead atoms. The summed E-state index contributed by atoms with van der Waals surface area (Å²) in [5.74, 6) is 0.783. The minimum Gasteiger partial charge on any atom is -0.382 e. The van der Waals surface area contributed by atoms with Gasteiger partial charge < -0.3 is 9.67 Å². The number of hydrogen-bond acceptors (Lipinski definition) is 3. The fourth-order valence-electron chi connectivity index (χ4n) is 1.50. The lowest BCUT2D eigenvalue weighted by atomic mass is 9.87. The SMILES string of the molecule is CCC(O)(c1nncn1C)C(C)C. The lowest BCUT2D eigenvalue weighted by Crippen LogP contribution is -2.34. The van der Waals surface area contributed by atoms with E-state index < -0.39 is 5.60 Å². The van der Waals surface area contributed by atoms with Gasteiger partial charge in [0, 0.05) is 7.05 Å². The van der Waals surface area contributed by atoms with Gasteiger partial charge in [0.25, 0.3) is 0 Å². The highest BCUT2D eigenvalue weighted by molar-refractivity contribution is 5.02. The summed E-state index contributed by atoms with van der Waals surface area (Å²) in [6.07, 6.45) is 2.26. The summed E-state index contributed by atoms with van der Waals surface area (Å²) in [6, 6.07) is 0. The van der Waals surface area contributed by atoms with Crippen molar-refractivity contribution < 1.29 is 5.11 Å². The Kier molecular flexibility index (Phi) is 2.71. The predicted octanol–water partition coefficient (Wildman–Crippen LogP) is 1.07. The third kappa shape index (κ3) is 1.58. The summed E-state index contributed by atoms with van der Waals surface area (Å²) >= 11 is 0. The highest BCUT2D eigenvalue weighted by Gasteiger charge is 2.35. The van der Waals surface area contributed by atoms with Crippen LogP contribution in [0.2, 0.25) is 0 Å². The molecular weight excluding hydrogens is 166 g/mol. The Morgan fingerprint density at radius 2 is 2.23 bits per heavy atom. The molecule has 1 unspecified atom stereocenters. The number of hydrogen-bond donors (Lipinski definition) is 1. The van der Waals surface area contributed by atoms with E-state index in [9.17, 15) is 5.11 Å². The van der Waals surface area contributed by atoms with Crippen LogP contribution in [0.1, 0.15) is 33.0 Å². The second kappa shape index (κ2) is 3.46. The van der Waals surface area contributed by atoms with E-state index in [1.165, 1.54) is 0 Å². The molecule has 0 radical (unpaired) electrons. The molecule has 0 fully saturated rings. The molecule has 1 rings (SSSR count). The molecule has 1 aromatic heterocycles. The Balaban J connectivity index is 3.10. The second-order valence-electron chi connectivity index (χ2n) is 3.70. The first-order chi connectivity index (χ1) is 6.02. The predicted molar refractivity (Wildman–Crippen MR) is 50.0 cm³/mol. The zero-order valence-corrected chi connectivity index (χ0v) is 8.65. The van der Waals surface area contributed by atoms with E-state index in [0.717, 1.165) is 0 Å². The molecule has 1 atom stereocenters. The van der Waals surface area contributed by atoms with E-state index in [0.29, 0.717) is 12.2 Å². The van der Waals surface area contributed by atoms with Crippen LogP contribution < -0.4 is 0 Å². The van der Waals surface area contributed by atoms with Crippen molar-refractivity contribution >= 4 is 0 Å². The quantitative estimate of drug-likeness (QED) is 0.762. The van der Waals surface area contributed by atoms with Gasteiger partial charge in [-0.1, -0.05) is 20.8 Å². The molecule has 0 aliphatic heterocycles. The molecule has 0 amide bonds. The minimum atomic E-state index is -0.856. The molecule has 0 aliphatic carbocycles. The van der Waals surface area contributed by atoms with Crippen LogP contribution in [0.3, 0.4) is 0 Å². The first-order valence-corrected chi connectivity index (χ1v) is 4.59. The molecular formula is C9H17N3O. The maximum Gasteiger partial charge on any atom is 0.164 e. The normalized spacial score (nSPS) is 16.2. The average Bonchev–Trinajstić information content (AvgIpc) is 2.50. The van der Waals surface area contributed by atoms with Crippen molar-refractivity contribution in [2.24, 2.45) is 13.0 Å². The average molecular weight is 183 g/mol. The van der Waals surface area contributed by atoms with E-state index in [-0.39, 0.29) is 5.92 Å². The summed E-state index contributed by atoms with van der Waals surface area (Å²) in [5, 5.41) is 18.0. The van der Waals surface area contributed by atoms with Crippen molar-refractivity contribution in [1.29, 1.82) is 0 Å². The van der Waals surface area contributed by atoms with Crippen LogP contribution in [-0.2, 0) is 12.6 Å². The van der Waals surface area contributed by atoms with Crippen molar-refractivity contribution in [3.8, 4) is 0 Å². The summed E-state index contributed by atoms with van der Waals surface area (Å²) < 4.78 is 1.77. The van der Waals surface area contributed by atoms with Crippen LogP contribution in [-0.4, -0.2) is 19.9 Å². The van der Waals surface area contributed by atoms with E-state index in [1.54, 1.807) is 10.9 Å². The Labute approximate surface area is 78.6 Å². The molecule has 4 nitrogen and oxygen atoms in total. The highest BCUT2D eigenvalue weighted by atomic mass is 16.3. The molecule has 0 aliphatic rings. The lowest BCUT2D eigenvalue weighted by Gasteiger charge is -2.29. The maximum absolute atomic E-state index is 10.3. The first-order valence-electron chi connectivity index (χ1n) is 4.59. The van der Waals surface area contributed by atoms with Gasteiger partial charge in [-0.15, -0.1) is 10.2 Å². The first kappa shape index (κ1) is 10.2. The maximum atomic E-state index is 10.3. The van der Waals surface area contributed by atoms with E-state index in [1.807, 2.05) is 27.8 Å². The summed E-state index contributed by atoms with van der Waals surface area (Å²) in [5.41, 5.74) is -0.856. The molecule has 0 saturated carbocycles. The molecule has 0 aromatic carbocycles. The molecule has 0 spiro atoms. The van der Waals surface area contributed by atoms with Crippen LogP contribution in [0.15, 0.2) is 6.33 Å². The number of aromatic nitrogens is 3. The van der Waals surface area contributed by atoms with Crippen molar-refractivity contribution in [2.75, 3.05) is 0 Å². The Morgan fingerprint density at radius 3 is 2.54 bits per heavy atom. The largest absolute Gasteiger partial charge is 0.382 e. The zero-order valence-electron chi connectivity index (χ0n) is 8.65. The minimum absolute atomic E-state index is 0.139. The zero-order chi connectivity index (χ0) is 10.1. The number of aliphatic hydroxyl groups is 1. The summed E-state index contributed by atoms with van der Waals surface area (Å²) in [4.78, 5) is 0. The van der Waals surface area contributed by atoms with Crippen LogP contribution in [0.25, 0.3) is 0 Å². The van der Waals surface area contributed by atoms with Crippen molar-refractivity contribution in [3.63, 3.8) is 0 Å². The van der Waals surface area contributed by atoms with Crippen LogP contribution in [0, 0.1) is 5.92 Å². The van der Waals surface area contributed by atoms with Crippen LogP contribution in [0.4, 0.5) is 0 Å². The van der Waals surface area contributed by atoms with E-state index in [4.69, 9.17) is 0 Å². The van der Waals surface area contributed by atoms with Gasteiger partial charge in [0.1, 0.15) is 11.9 Å². The molecule has 74 valence electrons. The summed E-state index contributed by atoms with van der Waals surface area (Å²) in [6.45, 7) is 5.92. The topological polar surface area (TPSA) is 50.9 Å². The smallest absolute Gasteiger partial charge is 0.164 e. The fourth-order valence-corrected chi connectivity index (χ4v) is 1.50. The molecule has 4 heteroatoms. The standard InChI is InChI=1S/C9H17N3O/c1-5-9(13,7(2)3)8-11-10-6-12(8)4/h6-7,13H,5H2,1-4H3. The third-order valence-corrected chi connectivity index (χ3v) is 2.59. The van der Waals surface area contributed by atoms with Crippen molar-refractivity contribution in [3.05, 3.63) is 12.2 Å². The molecule has 1 heterocycles. The van der Waals surface area contributed by atoms with Gasteiger partial charge in [0.2, 0.25) is 0 Å². The van der Waals surface area contributed by atoms with E-state index in [2.05, 4.69) is 10.2 Å². The van der Waals surface area contributed by atoms with Gasteiger partial charge in [-0.05, 0) is 12.3 Å². The van der Waals surface area contributed by atoms with Gasteiger partial charge >= 0.3 is 0 Å². The van der Waals surface area contributed by atoms with Gasteiger partial charge in [-0.2, -0.15) is 0 Å². The Hall–Kier alpha value is -0.900. The van der Waals surface area contributed by atoms with Crippen molar-refractivity contribution in [2.45, 2.75) is 32.8 Å². The number of aryl methyl sites for hydroxylation is 1. The number of nitrogens with zero attached hydrogens (tertiary/aromatic N) is 3. The third-order valence-electron chi connectivity index (χ3n) is 2.59. The van der Waals surface area contributed by atoms with Gasteiger partial charge in [-0.3, -0.25) is 0 Å². The monoisotopic (exact) mass is 183 g/mol. The second-order valence-corrected chi connectivity index (χ2v) is 3.70. The number of rotatable bonds is 3. The Morgan fingerprint density at radius 1 is 1.62 bits per heavy atom. The van der Waals surface area contributed by atoms with Gasteiger partial charge in [-0.25, -0.2) is 0 Å². The fraction of sp³-hybridized carbons (Fsp3) is 0.778. The summed E-state index contributed by atoms with van der Waals surface area (Å²) in [7, 11) is 1.85. The highest BCUT2D eigenvalue weighted by Crippen LogP contribution is 2.30. The Bertz CT molecular complexity index is 282. The molecule has 13 heavy (non-hydrogen) atoms. The molecule has 1 N–H and O–H groups in total. The van der Waals surface area contributed by atoms with Crippen LogP contribution in [0.5, 0.6) is 0 Å². The van der Waals surface area contributed by atoms with Gasteiger partial charge in [0.15, 0.2) is 5.82 Å². The lowest BCUT2D eigenvalue weighted by molar-refractivity contribution is -0.0249. The van der Waals surface area contributed by atoms with E-state index >= 15 is 0 Å². The van der Waals surface area contributed by atoms with Crippen LogP contribution >= 0.6 is 0 Å². The van der Waals surface area contributed by atoms with Gasteiger partial charge in [0.05, 0.1) is 0 Å². The molecule has 1 aromatic rings. The molecule has 0 saturated heterocycles.